The lowest BCUT2D eigenvalue weighted by atomic mass is 9.75. The van der Waals surface area contributed by atoms with E-state index < -0.39 is 22.4 Å². The summed E-state index contributed by atoms with van der Waals surface area (Å²) in [5, 5.41) is 20.1. The van der Waals surface area contributed by atoms with Crippen molar-refractivity contribution < 1.29 is 24.4 Å². The average Bonchev–Trinajstić information content (AvgIpc) is 2.59. The van der Waals surface area contributed by atoms with Gasteiger partial charge in [0.2, 0.25) is 0 Å². The van der Waals surface area contributed by atoms with Crippen LogP contribution in [-0.4, -0.2) is 28.1 Å². The van der Waals surface area contributed by atoms with E-state index >= 15 is 0 Å². The molecule has 0 radical (unpaired) electrons. The molecule has 3 unspecified atom stereocenters. The Morgan fingerprint density at radius 1 is 1.26 bits per heavy atom. The monoisotopic (exact) mass is 375 g/mol. The molecule has 2 rings (SSSR count). The van der Waals surface area contributed by atoms with Crippen molar-refractivity contribution >= 4 is 23.7 Å². The number of carbonyl (C=O) groups excluding carboxylic acids is 1. The van der Waals surface area contributed by atoms with E-state index in [0.29, 0.717) is 17.4 Å². The topological polar surface area (TPSA) is 107 Å². The molecule has 3 atom stereocenters. The highest BCUT2D eigenvalue weighted by Crippen LogP contribution is 2.35. The molecule has 0 saturated heterocycles. The van der Waals surface area contributed by atoms with Crippen LogP contribution in [0, 0.1) is 27.9 Å². The lowest BCUT2D eigenvalue weighted by Gasteiger charge is -2.36. The van der Waals surface area contributed by atoms with E-state index in [1.807, 2.05) is 0 Å². The third kappa shape index (κ3) is 5.39. The van der Waals surface area contributed by atoms with Crippen LogP contribution in [0.2, 0.25) is 0 Å². The van der Waals surface area contributed by atoms with Gasteiger partial charge in [-0.2, -0.15) is 0 Å². The molecule has 0 heterocycles. The van der Waals surface area contributed by atoms with Gasteiger partial charge in [0.05, 0.1) is 4.92 Å². The Morgan fingerprint density at radius 3 is 2.41 bits per heavy atom. The minimum Gasteiger partial charge on any atom is -0.477 e. The number of carbonyl (C=O) groups is 2. The highest BCUT2D eigenvalue weighted by atomic mass is 16.6. The number of ether oxygens (including phenoxy) is 1. The normalized spacial score (nSPS) is 23.1. The van der Waals surface area contributed by atoms with Gasteiger partial charge >= 0.3 is 11.9 Å². The Kier molecular flexibility index (Phi) is 6.71. The number of carboxylic acids is 1. The van der Waals surface area contributed by atoms with Crippen LogP contribution in [0.4, 0.5) is 5.69 Å². The standard InChI is InChI=1S/C20H25NO6/c1-12(2)16-9-4-13(3)10-18(16)27-20(24)17(19(22)23)11-14-5-7-15(8-6-14)21(25)26/h5-8,11-13,16,18H,4,9-10H2,1-3H3,(H,22,23). The van der Waals surface area contributed by atoms with Gasteiger partial charge < -0.3 is 9.84 Å². The van der Waals surface area contributed by atoms with Crippen molar-refractivity contribution in [2.24, 2.45) is 17.8 Å². The van der Waals surface area contributed by atoms with Crippen molar-refractivity contribution in [1.82, 2.24) is 0 Å². The summed E-state index contributed by atoms with van der Waals surface area (Å²) in [4.78, 5) is 34.3. The molecule has 0 spiro atoms. The Hall–Kier alpha value is -2.70. The van der Waals surface area contributed by atoms with Crippen molar-refractivity contribution in [2.75, 3.05) is 0 Å². The van der Waals surface area contributed by atoms with E-state index in [9.17, 15) is 24.8 Å². The Morgan fingerprint density at radius 2 is 1.89 bits per heavy atom. The quantitative estimate of drug-likeness (QED) is 0.201. The molecule has 0 aliphatic heterocycles. The summed E-state index contributed by atoms with van der Waals surface area (Å²) in [7, 11) is 0. The van der Waals surface area contributed by atoms with Crippen LogP contribution in [0.1, 0.15) is 45.6 Å². The Bertz CT molecular complexity index is 737. The number of carboxylic acid groups (broad SMARTS) is 1. The average molecular weight is 375 g/mol. The Labute approximate surface area is 158 Å². The second kappa shape index (κ2) is 8.79. The molecule has 7 nitrogen and oxygen atoms in total. The van der Waals surface area contributed by atoms with E-state index in [4.69, 9.17) is 4.74 Å². The SMILES string of the molecule is CC1CCC(C(C)C)C(OC(=O)C(=Cc2ccc([N+](=O)[O-])cc2)C(=O)O)C1. The maximum atomic E-state index is 12.5. The van der Waals surface area contributed by atoms with Crippen LogP contribution in [-0.2, 0) is 14.3 Å². The number of nitro groups is 1. The molecular formula is C20H25NO6. The molecule has 1 aromatic carbocycles. The van der Waals surface area contributed by atoms with E-state index in [2.05, 4.69) is 20.8 Å². The van der Waals surface area contributed by atoms with Crippen molar-refractivity contribution in [3.63, 3.8) is 0 Å². The van der Waals surface area contributed by atoms with Crippen LogP contribution < -0.4 is 0 Å². The fourth-order valence-electron chi connectivity index (χ4n) is 3.52. The molecule has 0 aromatic heterocycles. The number of nitrogens with zero attached hydrogens (tertiary/aromatic N) is 1. The number of hydrogen-bond donors (Lipinski definition) is 1. The van der Waals surface area contributed by atoms with Crippen LogP contribution in [0.25, 0.3) is 6.08 Å². The van der Waals surface area contributed by atoms with Crippen LogP contribution in [0.5, 0.6) is 0 Å². The first kappa shape index (κ1) is 20.6. The molecular weight excluding hydrogens is 350 g/mol. The summed E-state index contributed by atoms with van der Waals surface area (Å²) in [6.07, 6.45) is 3.62. The van der Waals surface area contributed by atoms with E-state index in [1.54, 1.807) is 0 Å². The zero-order valence-corrected chi connectivity index (χ0v) is 15.8. The van der Waals surface area contributed by atoms with Crippen molar-refractivity contribution in [3.8, 4) is 0 Å². The molecule has 1 aliphatic rings. The third-order valence-electron chi connectivity index (χ3n) is 5.08. The van der Waals surface area contributed by atoms with Gasteiger partial charge in [-0.05, 0) is 54.4 Å². The number of esters is 1. The first-order valence-electron chi connectivity index (χ1n) is 9.09. The predicted molar refractivity (Wildman–Crippen MR) is 99.9 cm³/mol. The van der Waals surface area contributed by atoms with E-state index in [-0.39, 0.29) is 17.7 Å². The molecule has 1 N–H and O–H groups in total. The minimum absolute atomic E-state index is 0.109. The molecule has 0 amide bonds. The molecule has 146 valence electrons. The molecule has 0 bridgehead atoms. The summed E-state index contributed by atoms with van der Waals surface area (Å²) >= 11 is 0. The second-order valence-corrected chi connectivity index (χ2v) is 7.48. The van der Waals surface area contributed by atoms with E-state index in [1.165, 1.54) is 30.3 Å². The first-order chi connectivity index (χ1) is 12.7. The molecule has 7 heteroatoms. The lowest BCUT2D eigenvalue weighted by Crippen LogP contribution is -2.36. The van der Waals surface area contributed by atoms with Gasteiger partial charge in [0, 0.05) is 12.1 Å². The van der Waals surface area contributed by atoms with Crippen LogP contribution in [0.15, 0.2) is 29.8 Å². The first-order valence-corrected chi connectivity index (χ1v) is 9.09. The fraction of sp³-hybridized carbons (Fsp3) is 0.500. The summed E-state index contributed by atoms with van der Waals surface area (Å²) in [5.41, 5.74) is -0.209. The zero-order chi connectivity index (χ0) is 20.1. The summed E-state index contributed by atoms with van der Waals surface area (Å²) in [6, 6.07) is 5.31. The number of nitro benzene ring substituents is 1. The lowest BCUT2D eigenvalue weighted by molar-refractivity contribution is -0.384. The summed E-state index contributed by atoms with van der Waals surface area (Å²) in [6.45, 7) is 6.25. The fourth-order valence-corrected chi connectivity index (χ4v) is 3.52. The molecule has 27 heavy (non-hydrogen) atoms. The number of aliphatic carboxylic acids is 1. The predicted octanol–water partition coefficient (Wildman–Crippen LogP) is 4.07. The highest BCUT2D eigenvalue weighted by Gasteiger charge is 2.34. The zero-order valence-electron chi connectivity index (χ0n) is 15.8. The van der Waals surface area contributed by atoms with Gasteiger partial charge in [0.1, 0.15) is 11.7 Å². The van der Waals surface area contributed by atoms with Crippen LogP contribution in [0.3, 0.4) is 0 Å². The largest absolute Gasteiger partial charge is 0.477 e. The van der Waals surface area contributed by atoms with Crippen molar-refractivity contribution in [3.05, 3.63) is 45.5 Å². The molecule has 1 fully saturated rings. The van der Waals surface area contributed by atoms with Crippen molar-refractivity contribution in [2.45, 2.75) is 46.1 Å². The van der Waals surface area contributed by atoms with Gasteiger partial charge in [0.15, 0.2) is 0 Å². The van der Waals surface area contributed by atoms with Gasteiger partial charge in [-0.1, -0.05) is 27.2 Å². The van der Waals surface area contributed by atoms with Gasteiger partial charge in [-0.25, -0.2) is 9.59 Å². The summed E-state index contributed by atoms with van der Waals surface area (Å²) in [5.74, 6) is -1.29. The van der Waals surface area contributed by atoms with Crippen molar-refractivity contribution in [1.29, 1.82) is 0 Å². The number of non-ortho nitro benzene ring substituents is 1. The number of benzene rings is 1. The molecule has 1 saturated carbocycles. The maximum absolute atomic E-state index is 12.5. The van der Waals surface area contributed by atoms with Gasteiger partial charge in [0.25, 0.3) is 5.69 Å². The highest BCUT2D eigenvalue weighted by molar-refractivity contribution is 6.17. The van der Waals surface area contributed by atoms with Crippen LogP contribution >= 0.6 is 0 Å². The Balaban J connectivity index is 2.21. The smallest absolute Gasteiger partial charge is 0.345 e. The molecule has 1 aliphatic carbocycles. The summed E-state index contributed by atoms with van der Waals surface area (Å²) < 4.78 is 5.60. The third-order valence-corrected chi connectivity index (χ3v) is 5.08. The molecule has 1 aromatic rings. The van der Waals surface area contributed by atoms with Gasteiger partial charge in [-0.3, -0.25) is 10.1 Å². The number of rotatable bonds is 6. The van der Waals surface area contributed by atoms with E-state index in [0.717, 1.165) is 19.3 Å². The second-order valence-electron chi connectivity index (χ2n) is 7.48. The van der Waals surface area contributed by atoms with Gasteiger partial charge in [-0.15, -0.1) is 0 Å². The minimum atomic E-state index is -1.39. The maximum Gasteiger partial charge on any atom is 0.345 e. The number of hydrogen-bond acceptors (Lipinski definition) is 5.